The predicted molar refractivity (Wildman–Crippen MR) is 61.5 cm³/mol. The maximum Gasteiger partial charge on any atom is 0.0599 e. The summed E-state index contributed by atoms with van der Waals surface area (Å²) in [6, 6.07) is 0. The Morgan fingerprint density at radius 1 is 1.07 bits per heavy atom. The SMILES string of the molecule is CCCCCCC1CCCCC1OC. The van der Waals surface area contributed by atoms with Crippen molar-refractivity contribution < 1.29 is 4.74 Å². The van der Waals surface area contributed by atoms with Gasteiger partial charge in [-0.25, -0.2) is 0 Å². The fourth-order valence-corrected chi connectivity index (χ4v) is 2.65. The van der Waals surface area contributed by atoms with Crippen molar-refractivity contribution in [3.05, 3.63) is 0 Å². The number of unbranched alkanes of at least 4 members (excludes halogenated alkanes) is 3. The smallest absolute Gasteiger partial charge is 0.0599 e. The molecule has 0 aliphatic heterocycles. The van der Waals surface area contributed by atoms with Crippen LogP contribution in [-0.4, -0.2) is 13.2 Å². The average Bonchev–Trinajstić information content (AvgIpc) is 2.25. The van der Waals surface area contributed by atoms with Gasteiger partial charge in [0.15, 0.2) is 0 Å². The van der Waals surface area contributed by atoms with Gasteiger partial charge in [0.25, 0.3) is 0 Å². The van der Waals surface area contributed by atoms with E-state index in [0.717, 1.165) is 5.92 Å². The third-order valence-electron chi connectivity index (χ3n) is 3.57. The summed E-state index contributed by atoms with van der Waals surface area (Å²) >= 11 is 0. The summed E-state index contributed by atoms with van der Waals surface area (Å²) in [5.41, 5.74) is 0. The van der Waals surface area contributed by atoms with Crippen molar-refractivity contribution >= 4 is 0 Å². The summed E-state index contributed by atoms with van der Waals surface area (Å²) < 4.78 is 5.56. The highest BCUT2D eigenvalue weighted by molar-refractivity contribution is 4.75. The lowest BCUT2D eigenvalue weighted by Gasteiger charge is -2.30. The molecule has 1 aliphatic rings. The first kappa shape index (κ1) is 12.0. The standard InChI is InChI=1S/C13H26O/c1-3-4-5-6-9-12-10-7-8-11-13(12)14-2/h12-13H,3-11H2,1-2H3. The lowest BCUT2D eigenvalue weighted by molar-refractivity contribution is 0.0194. The molecule has 2 atom stereocenters. The first-order valence-electron chi connectivity index (χ1n) is 6.41. The highest BCUT2D eigenvalue weighted by Crippen LogP contribution is 2.30. The zero-order valence-corrected chi connectivity index (χ0v) is 9.93. The molecule has 1 rings (SSSR count). The van der Waals surface area contributed by atoms with Crippen molar-refractivity contribution in [3.8, 4) is 0 Å². The molecular weight excluding hydrogens is 172 g/mol. The largest absolute Gasteiger partial charge is 0.381 e. The van der Waals surface area contributed by atoms with E-state index < -0.39 is 0 Å². The third kappa shape index (κ3) is 4.00. The van der Waals surface area contributed by atoms with Gasteiger partial charge in [0.05, 0.1) is 6.10 Å². The molecule has 1 nitrogen and oxygen atoms in total. The van der Waals surface area contributed by atoms with Gasteiger partial charge < -0.3 is 4.74 Å². The van der Waals surface area contributed by atoms with E-state index in [9.17, 15) is 0 Å². The molecule has 0 aromatic carbocycles. The summed E-state index contributed by atoms with van der Waals surface area (Å²) in [6.45, 7) is 2.28. The lowest BCUT2D eigenvalue weighted by Crippen LogP contribution is -2.26. The molecule has 0 amide bonds. The Morgan fingerprint density at radius 3 is 2.57 bits per heavy atom. The van der Waals surface area contributed by atoms with Gasteiger partial charge >= 0.3 is 0 Å². The molecule has 0 heterocycles. The second-order valence-electron chi connectivity index (χ2n) is 4.67. The fraction of sp³-hybridized carbons (Fsp3) is 1.00. The summed E-state index contributed by atoms with van der Waals surface area (Å²) in [4.78, 5) is 0. The van der Waals surface area contributed by atoms with Crippen LogP contribution >= 0.6 is 0 Å². The number of ether oxygens (including phenoxy) is 1. The Labute approximate surface area is 89.2 Å². The highest BCUT2D eigenvalue weighted by Gasteiger charge is 2.23. The maximum atomic E-state index is 5.56. The minimum Gasteiger partial charge on any atom is -0.381 e. The second-order valence-corrected chi connectivity index (χ2v) is 4.67. The first-order chi connectivity index (χ1) is 6.88. The molecule has 84 valence electrons. The van der Waals surface area contributed by atoms with E-state index in [1.54, 1.807) is 0 Å². The molecule has 0 N–H and O–H groups in total. The number of hydrogen-bond donors (Lipinski definition) is 0. The second kappa shape index (κ2) is 7.28. The van der Waals surface area contributed by atoms with Crippen LogP contribution in [-0.2, 0) is 4.74 Å². The van der Waals surface area contributed by atoms with E-state index >= 15 is 0 Å². The van der Waals surface area contributed by atoms with Gasteiger partial charge in [0.1, 0.15) is 0 Å². The van der Waals surface area contributed by atoms with Crippen LogP contribution in [0.3, 0.4) is 0 Å². The van der Waals surface area contributed by atoms with Crippen LogP contribution in [0.25, 0.3) is 0 Å². The average molecular weight is 198 g/mol. The number of rotatable bonds is 6. The van der Waals surface area contributed by atoms with Crippen LogP contribution in [0.2, 0.25) is 0 Å². The van der Waals surface area contributed by atoms with E-state index in [4.69, 9.17) is 4.74 Å². The lowest BCUT2D eigenvalue weighted by atomic mass is 9.83. The Balaban J connectivity index is 2.13. The van der Waals surface area contributed by atoms with E-state index in [1.165, 1.54) is 57.8 Å². The van der Waals surface area contributed by atoms with Gasteiger partial charge in [-0.2, -0.15) is 0 Å². The Hall–Kier alpha value is -0.0400. The normalized spacial score (nSPS) is 27.9. The predicted octanol–water partition coefficient (Wildman–Crippen LogP) is 4.16. The van der Waals surface area contributed by atoms with E-state index in [0.29, 0.717) is 6.10 Å². The quantitative estimate of drug-likeness (QED) is 0.582. The zero-order chi connectivity index (χ0) is 10.2. The zero-order valence-electron chi connectivity index (χ0n) is 9.93. The van der Waals surface area contributed by atoms with Gasteiger partial charge in [-0.15, -0.1) is 0 Å². The van der Waals surface area contributed by atoms with Crippen LogP contribution in [0.5, 0.6) is 0 Å². The van der Waals surface area contributed by atoms with Gasteiger partial charge in [-0.1, -0.05) is 45.4 Å². The molecule has 0 spiro atoms. The summed E-state index contributed by atoms with van der Waals surface area (Å²) in [7, 11) is 1.88. The fourth-order valence-electron chi connectivity index (χ4n) is 2.65. The van der Waals surface area contributed by atoms with Crippen molar-refractivity contribution in [2.75, 3.05) is 7.11 Å². The Kier molecular flexibility index (Phi) is 6.25. The van der Waals surface area contributed by atoms with Crippen molar-refractivity contribution in [2.45, 2.75) is 70.8 Å². The van der Waals surface area contributed by atoms with Gasteiger partial charge in [-0.3, -0.25) is 0 Å². The van der Waals surface area contributed by atoms with Gasteiger partial charge in [-0.05, 0) is 25.2 Å². The monoisotopic (exact) mass is 198 g/mol. The van der Waals surface area contributed by atoms with E-state index in [-0.39, 0.29) is 0 Å². The minimum atomic E-state index is 0.574. The minimum absolute atomic E-state index is 0.574. The van der Waals surface area contributed by atoms with Gasteiger partial charge in [0, 0.05) is 7.11 Å². The molecule has 1 saturated carbocycles. The Morgan fingerprint density at radius 2 is 1.86 bits per heavy atom. The molecule has 14 heavy (non-hydrogen) atoms. The molecule has 1 heteroatoms. The van der Waals surface area contributed by atoms with Crippen LogP contribution in [0.1, 0.15) is 64.7 Å². The number of hydrogen-bond acceptors (Lipinski definition) is 1. The van der Waals surface area contributed by atoms with Crippen molar-refractivity contribution in [2.24, 2.45) is 5.92 Å². The molecule has 2 unspecified atom stereocenters. The Bertz CT molecular complexity index is 133. The number of methoxy groups -OCH3 is 1. The molecule has 0 radical (unpaired) electrons. The van der Waals surface area contributed by atoms with Crippen LogP contribution < -0.4 is 0 Å². The molecule has 0 bridgehead atoms. The van der Waals surface area contributed by atoms with Crippen LogP contribution in [0.15, 0.2) is 0 Å². The van der Waals surface area contributed by atoms with Gasteiger partial charge in [0.2, 0.25) is 0 Å². The molecule has 1 fully saturated rings. The van der Waals surface area contributed by atoms with Crippen LogP contribution in [0.4, 0.5) is 0 Å². The van der Waals surface area contributed by atoms with Crippen molar-refractivity contribution in [3.63, 3.8) is 0 Å². The maximum absolute atomic E-state index is 5.56. The van der Waals surface area contributed by atoms with Crippen LogP contribution in [0, 0.1) is 5.92 Å². The van der Waals surface area contributed by atoms with Crippen molar-refractivity contribution in [1.29, 1.82) is 0 Å². The molecular formula is C13H26O. The summed E-state index contributed by atoms with van der Waals surface area (Å²) in [5.74, 6) is 0.866. The molecule has 0 saturated heterocycles. The first-order valence-corrected chi connectivity index (χ1v) is 6.41. The molecule has 0 aromatic heterocycles. The molecule has 0 aromatic rings. The summed E-state index contributed by atoms with van der Waals surface area (Å²) in [6.07, 6.45) is 13.1. The summed E-state index contributed by atoms with van der Waals surface area (Å²) in [5, 5.41) is 0. The molecule has 1 aliphatic carbocycles. The third-order valence-corrected chi connectivity index (χ3v) is 3.57. The van der Waals surface area contributed by atoms with E-state index in [1.807, 2.05) is 7.11 Å². The highest BCUT2D eigenvalue weighted by atomic mass is 16.5. The van der Waals surface area contributed by atoms with E-state index in [2.05, 4.69) is 6.92 Å². The van der Waals surface area contributed by atoms with Crippen molar-refractivity contribution in [1.82, 2.24) is 0 Å². The topological polar surface area (TPSA) is 9.23 Å².